The average Bonchev–Trinajstić information content (AvgIpc) is 3.00. The number of carbonyl (C=O) groups is 2. The molecular formula is C18H17N3O4S2. The maximum atomic E-state index is 12.0. The molecule has 2 N–H and O–H groups in total. The summed E-state index contributed by atoms with van der Waals surface area (Å²) < 4.78 is 24.7. The topological polar surface area (TPSA) is 105 Å². The lowest BCUT2D eigenvalue weighted by atomic mass is 10.1. The maximum absolute atomic E-state index is 12.0. The van der Waals surface area contributed by atoms with Crippen LogP contribution >= 0.6 is 11.3 Å². The predicted octanol–water partition coefficient (Wildman–Crippen LogP) is 1.70. The molecular weight excluding hydrogens is 386 g/mol. The molecule has 2 aromatic carbocycles. The third-order valence-electron chi connectivity index (χ3n) is 3.60. The highest BCUT2D eigenvalue weighted by molar-refractivity contribution is 7.89. The lowest BCUT2D eigenvalue weighted by Gasteiger charge is -2.04. The molecule has 0 saturated carbocycles. The average molecular weight is 403 g/mol. The molecule has 0 atom stereocenters. The van der Waals surface area contributed by atoms with Crippen LogP contribution in [0.2, 0.25) is 0 Å². The van der Waals surface area contributed by atoms with Crippen molar-refractivity contribution in [1.82, 2.24) is 15.0 Å². The Morgan fingerprint density at radius 1 is 1.04 bits per heavy atom. The van der Waals surface area contributed by atoms with E-state index in [1.807, 2.05) is 48.5 Å². The first-order valence-corrected chi connectivity index (χ1v) is 10.7. The van der Waals surface area contributed by atoms with Crippen molar-refractivity contribution in [3.05, 3.63) is 53.5 Å². The molecule has 0 aliphatic heterocycles. The molecule has 7 nitrogen and oxygen atoms in total. The smallest absolute Gasteiger partial charge is 0.252 e. The Kier molecular flexibility index (Phi) is 5.52. The van der Waals surface area contributed by atoms with Crippen molar-refractivity contribution in [1.29, 1.82) is 0 Å². The van der Waals surface area contributed by atoms with Crippen molar-refractivity contribution in [3.8, 4) is 11.1 Å². The van der Waals surface area contributed by atoms with Gasteiger partial charge in [-0.1, -0.05) is 36.4 Å². The standard InChI is InChI=1S/C18H17N3O4S2/c1-27(24,25)21-17(23)11-19-16(22)10-18-20-14-8-7-13(9-15(14)26-18)12-5-3-2-4-6-12/h2-9H,10-11H2,1H3,(H,19,22)(H,21,23). The molecule has 0 saturated heterocycles. The first-order valence-electron chi connectivity index (χ1n) is 8.02. The highest BCUT2D eigenvalue weighted by atomic mass is 32.2. The van der Waals surface area contributed by atoms with Crippen molar-refractivity contribution in [3.63, 3.8) is 0 Å². The minimum absolute atomic E-state index is 0.0200. The minimum atomic E-state index is -3.64. The molecule has 1 aromatic heterocycles. The molecule has 0 radical (unpaired) electrons. The number of sulfonamides is 1. The summed E-state index contributed by atoms with van der Waals surface area (Å²) in [5.74, 6) is -1.19. The van der Waals surface area contributed by atoms with Gasteiger partial charge in [0, 0.05) is 0 Å². The molecule has 0 unspecified atom stereocenters. The van der Waals surface area contributed by atoms with Crippen molar-refractivity contribution < 1.29 is 18.0 Å². The number of amides is 2. The van der Waals surface area contributed by atoms with E-state index < -0.39 is 28.4 Å². The zero-order valence-corrected chi connectivity index (χ0v) is 16.1. The maximum Gasteiger partial charge on any atom is 0.252 e. The van der Waals surface area contributed by atoms with Crippen LogP contribution in [0.5, 0.6) is 0 Å². The van der Waals surface area contributed by atoms with Crippen LogP contribution in [0, 0.1) is 0 Å². The van der Waals surface area contributed by atoms with Crippen LogP contribution in [-0.4, -0.2) is 38.0 Å². The minimum Gasteiger partial charge on any atom is -0.347 e. The second kappa shape index (κ2) is 7.85. The van der Waals surface area contributed by atoms with Gasteiger partial charge < -0.3 is 5.32 Å². The fraction of sp³-hybridized carbons (Fsp3) is 0.167. The van der Waals surface area contributed by atoms with E-state index in [2.05, 4.69) is 10.3 Å². The Morgan fingerprint density at radius 3 is 2.48 bits per heavy atom. The number of hydrogen-bond donors (Lipinski definition) is 2. The first-order chi connectivity index (χ1) is 12.8. The molecule has 140 valence electrons. The lowest BCUT2D eigenvalue weighted by Crippen LogP contribution is -2.39. The monoisotopic (exact) mass is 403 g/mol. The Hall–Kier alpha value is -2.78. The molecule has 0 fully saturated rings. The molecule has 2 amide bonds. The van der Waals surface area contributed by atoms with E-state index >= 15 is 0 Å². The molecule has 3 aromatic rings. The van der Waals surface area contributed by atoms with E-state index in [0.29, 0.717) is 5.01 Å². The van der Waals surface area contributed by atoms with Crippen molar-refractivity contribution >= 4 is 43.4 Å². The summed E-state index contributed by atoms with van der Waals surface area (Å²) in [5, 5.41) is 3.01. The Balaban J connectivity index is 1.65. The molecule has 27 heavy (non-hydrogen) atoms. The van der Waals surface area contributed by atoms with Crippen molar-refractivity contribution in [2.24, 2.45) is 0 Å². The van der Waals surface area contributed by atoms with Gasteiger partial charge >= 0.3 is 0 Å². The largest absolute Gasteiger partial charge is 0.347 e. The van der Waals surface area contributed by atoms with Gasteiger partial charge in [0.25, 0.3) is 5.91 Å². The van der Waals surface area contributed by atoms with Gasteiger partial charge in [-0.25, -0.2) is 13.4 Å². The second-order valence-corrected chi connectivity index (χ2v) is 8.77. The van der Waals surface area contributed by atoms with E-state index in [4.69, 9.17) is 0 Å². The number of aromatic nitrogens is 1. The summed E-state index contributed by atoms with van der Waals surface area (Å²) in [7, 11) is -3.64. The summed E-state index contributed by atoms with van der Waals surface area (Å²) in [6.07, 6.45) is 0.893. The SMILES string of the molecule is CS(=O)(=O)NC(=O)CNC(=O)Cc1nc2ccc(-c3ccccc3)cc2s1. The number of nitrogens with one attached hydrogen (secondary N) is 2. The van der Waals surface area contributed by atoms with Crippen LogP contribution in [0.15, 0.2) is 48.5 Å². The zero-order chi connectivity index (χ0) is 19.4. The fourth-order valence-corrected chi connectivity index (χ4v) is 3.97. The summed E-state index contributed by atoms with van der Waals surface area (Å²) >= 11 is 1.41. The Bertz CT molecular complexity index is 1090. The molecule has 1 heterocycles. The van der Waals surface area contributed by atoms with Crippen LogP contribution in [0.4, 0.5) is 0 Å². The molecule has 0 bridgehead atoms. The summed E-state index contributed by atoms with van der Waals surface area (Å²) in [6, 6.07) is 15.9. The number of nitrogens with zero attached hydrogens (tertiary/aromatic N) is 1. The summed E-state index contributed by atoms with van der Waals surface area (Å²) in [6.45, 7) is -0.408. The molecule has 3 rings (SSSR count). The number of fused-ring (bicyclic) bond motifs is 1. The van der Waals surface area contributed by atoms with Crippen LogP contribution in [0.25, 0.3) is 21.3 Å². The molecule has 9 heteroatoms. The highest BCUT2D eigenvalue weighted by Gasteiger charge is 2.13. The number of carbonyl (C=O) groups excluding carboxylic acids is 2. The number of hydrogen-bond acceptors (Lipinski definition) is 6. The Morgan fingerprint density at radius 2 is 1.78 bits per heavy atom. The van der Waals surface area contributed by atoms with Gasteiger partial charge in [-0.05, 0) is 23.3 Å². The van der Waals surface area contributed by atoms with E-state index in [1.54, 1.807) is 4.72 Å². The van der Waals surface area contributed by atoms with Gasteiger partial charge in [0.1, 0.15) is 5.01 Å². The van der Waals surface area contributed by atoms with Crippen molar-refractivity contribution in [2.75, 3.05) is 12.8 Å². The van der Waals surface area contributed by atoms with Gasteiger partial charge in [0.2, 0.25) is 15.9 Å². The van der Waals surface area contributed by atoms with Gasteiger partial charge in [-0.2, -0.15) is 0 Å². The van der Waals surface area contributed by atoms with E-state index in [9.17, 15) is 18.0 Å². The first kappa shape index (κ1) is 19.0. The molecule has 0 spiro atoms. The summed E-state index contributed by atoms with van der Waals surface area (Å²) in [5.41, 5.74) is 2.97. The summed E-state index contributed by atoms with van der Waals surface area (Å²) in [4.78, 5) is 27.8. The third kappa shape index (κ3) is 5.35. The van der Waals surface area contributed by atoms with Gasteiger partial charge in [0.05, 0.1) is 29.4 Å². The number of benzene rings is 2. The lowest BCUT2D eigenvalue weighted by molar-refractivity contribution is -0.124. The van der Waals surface area contributed by atoms with E-state index in [-0.39, 0.29) is 6.42 Å². The zero-order valence-electron chi connectivity index (χ0n) is 14.4. The van der Waals surface area contributed by atoms with Crippen molar-refractivity contribution in [2.45, 2.75) is 6.42 Å². The van der Waals surface area contributed by atoms with Crippen LogP contribution < -0.4 is 10.0 Å². The molecule has 0 aliphatic rings. The highest BCUT2D eigenvalue weighted by Crippen LogP contribution is 2.28. The van der Waals surface area contributed by atoms with Crippen LogP contribution in [0.3, 0.4) is 0 Å². The number of rotatable bonds is 6. The van der Waals surface area contributed by atoms with E-state index in [0.717, 1.165) is 27.6 Å². The Labute approximate surface area is 160 Å². The molecule has 0 aliphatic carbocycles. The van der Waals surface area contributed by atoms with Gasteiger partial charge in [-0.3, -0.25) is 14.3 Å². The van der Waals surface area contributed by atoms with Gasteiger partial charge in [-0.15, -0.1) is 11.3 Å². The fourth-order valence-electron chi connectivity index (χ4n) is 2.48. The number of thiazole rings is 1. The van der Waals surface area contributed by atoms with Crippen LogP contribution in [0.1, 0.15) is 5.01 Å². The predicted molar refractivity (Wildman–Crippen MR) is 105 cm³/mol. The van der Waals surface area contributed by atoms with Gasteiger partial charge in [0.15, 0.2) is 0 Å². The second-order valence-electron chi connectivity index (χ2n) is 5.91. The van der Waals surface area contributed by atoms with E-state index in [1.165, 1.54) is 11.3 Å². The van der Waals surface area contributed by atoms with Crippen LogP contribution in [-0.2, 0) is 26.0 Å². The quantitative estimate of drug-likeness (QED) is 0.652. The normalized spacial score (nSPS) is 11.3. The third-order valence-corrected chi connectivity index (χ3v) is 5.21.